The number of rotatable bonds is 0. The molecule has 0 spiro atoms. The zero-order chi connectivity index (χ0) is 25.7. The van der Waals surface area contributed by atoms with Crippen LogP contribution in [-0.2, 0) is 14.3 Å². The smallest absolute Gasteiger partial charge is 0.417 e. The standard InChI is InChI=1S/C12H20FNO3.C12H22FNO2/c1-11(2,3)17-10(16)14-8-7-12(4,13)6-5-9(14)15;1-11(2,3)16-10(15)14-8-5-6-12(4,13)7-9-14/h5-8H2,1-4H3;5-9H2,1-4H3. The van der Waals surface area contributed by atoms with Gasteiger partial charge in [-0.15, -0.1) is 0 Å². The van der Waals surface area contributed by atoms with Gasteiger partial charge in [-0.1, -0.05) is 0 Å². The van der Waals surface area contributed by atoms with Gasteiger partial charge in [0, 0.05) is 26.1 Å². The number of carbonyl (C=O) groups excluding carboxylic acids is 3. The third-order valence-corrected chi connectivity index (χ3v) is 5.31. The summed E-state index contributed by atoms with van der Waals surface area (Å²) < 4.78 is 37.9. The zero-order valence-electron chi connectivity index (χ0n) is 21.6. The largest absolute Gasteiger partial charge is 0.444 e. The van der Waals surface area contributed by atoms with E-state index in [1.54, 1.807) is 32.6 Å². The van der Waals surface area contributed by atoms with Gasteiger partial charge in [0.2, 0.25) is 5.91 Å². The lowest BCUT2D eigenvalue weighted by Gasteiger charge is -2.26. The minimum atomic E-state index is -1.38. The molecular formula is C24H42F2N2O5. The van der Waals surface area contributed by atoms with E-state index in [0.29, 0.717) is 32.4 Å². The SMILES string of the molecule is CC1(F)CCC(=O)N(C(=O)OC(C)(C)C)CC1.CC1(F)CCCN(C(=O)OC(C)(C)C)CC1. The van der Waals surface area contributed by atoms with Crippen molar-refractivity contribution in [1.82, 2.24) is 9.80 Å². The third kappa shape index (κ3) is 11.7. The number of halogens is 2. The molecular weight excluding hydrogens is 434 g/mol. The van der Waals surface area contributed by atoms with Gasteiger partial charge in [0.25, 0.3) is 0 Å². The van der Waals surface area contributed by atoms with E-state index in [9.17, 15) is 23.2 Å². The van der Waals surface area contributed by atoms with Gasteiger partial charge in [-0.25, -0.2) is 23.3 Å². The molecule has 2 unspecified atom stereocenters. The molecule has 192 valence electrons. The highest BCUT2D eigenvalue weighted by atomic mass is 19.1. The second-order valence-electron chi connectivity index (χ2n) is 11.4. The summed E-state index contributed by atoms with van der Waals surface area (Å²) >= 11 is 0. The number of imide groups is 1. The Hall–Kier alpha value is -1.93. The Morgan fingerprint density at radius 1 is 0.788 bits per heavy atom. The molecule has 0 saturated carbocycles. The molecule has 2 fully saturated rings. The second kappa shape index (κ2) is 11.0. The number of likely N-dealkylation sites (tertiary alicyclic amines) is 2. The maximum Gasteiger partial charge on any atom is 0.417 e. The van der Waals surface area contributed by atoms with Crippen molar-refractivity contribution in [3.8, 4) is 0 Å². The lowest BCUT2D eigenvalue weighted by atomic mass is 10.00. The number of amides is 3. The number of hydrogen-bond acceptors (Lipinski definition) is 5. The van der Waals surface area contributed by atoms with Crippen molar-refractivity contribution in [3.05, 3.63) is 0 Å². The molecule has 2 aliphatic rings. The summed E-state index contributed by atoms with van der Waals surface area (Å²) in [6.45, 7) is 14.9. The van der Waals surface area contributed by atoms with E-state index in [1.165, 1.54) is 6.92 Å². The molecule has 7 nitrogen and oxygen atoms in total. The summed E-state index contributed by atoms with van der Waals surface area (Å²) in [7, 11) is 0. The molecule has 0 bridgehead atoms. The Bertz CT molecular complexity index is 696. The van der Waals surface area contributed by atoms with Crippen LogP contribution in [0.4, 0.5) is 18.4 Å². The van der Waals surface area contributed by atoms with Crippen molar-refractivity contribution in [3.63, 3.8) is 0 Å². The summed E-state index contributed by atoms with van der Waals surface area (Å²) in [4.78, 5) is 37.8. The molecule has 2 atom stereocenters. The fourth-order valence-corrected chi connectivity index (χ4v) is 3.36. The Labute approximate surface area is 197 Å². The third-order valence-electron chi connectivity index (χ3n) is 5.31. The van der Waals surface area contributed by atoms with Gasteiger partial charge in [-0.3, -0.25) is 4.79 Å². The average molecular weight is 477 g/mol. The Balaban J connectivity index is 0.000000331. The van der Waals surface area contributed by atoms with E-state index >= 15 is 0 Å². The fourth-order valence-electron chi connectivity index (χ4n) is 3.36. The topological polar surface area (TPSA) is 76.2 Å². The first kappa shape index (κ1) is 29.1. The number of ether oxygens (including phenoxy) is 2. The van der Waals surface area contributed by atoms with Crippen molar-refractivity contribution >= 4 is 18.1 Å². The quantitative estimate of drug-likeness (QED) is 0.442. The molecule has 9 heteroatoms. The van der Waals surface area contributed by atoms with E-state index in [2.05, 4.69) is 0 Å². The van der Waals surface area contributed by atoms with Gasteiger partial charge >= 0.3 is 12.2 Å². The summed E-state index contributed by atoms with van der Waals surface area (Å²) in [6, 6.07) is 0. The van der Waals surface area contributed by atoms with Gasteiger partial charge in [-0.2, -0.15) is 0 Å². The highest BCUT2D eigenvalue weighted by Crippen LogP contribution is 2.27. The van der Waals surface area contributed by atoms with Gasteiger partial charge in [0.05, 0.1) is 0 Å². The first-order valence-corrected chi connectivity index (χ1v) is 11.7. The van der Waals surface area contributed by atoms with Gasteiger partial charge in [0.1, 0.15) is 22.5 Å². The summed E-state index contributed by atoms with van der Waals surface area (Å²) in [5.74, 6) is -0.361. The maximum absolute atomic E-state index is 13.7. The van der Waals surface area contributed by atoms with Crippen molar-refractivity contribution in [2.75, 3.05) is 19.6 Å². The summed E-state index contributed by atoms with van der Waals surface area (Å²) in [5.41, 5.74) is -3.66. The van der Waals surface area contributed by atoms with Crippen LogP contribution in [-0.4, -0.2) is 70.1 Å². The number of alkyl halides is 2. The van der Waals surface area contributed by atoms with E-state index in [0.717, 1.165) is 4.90 Å². The molecule has 0 aromatic heterocycles. The number of nitrogens with zero attached hydrogens (tertiary/aromatic N) is 2. The van der Waals surface area contributed by atoms with Crippen molar-refractivity contribution in [2.24, 2.45) is 0 Å². The Kier molecular flexibility index (Phi) is 9.70. The molecule has 2 heterocycles. The lowest BCUT2D eigenvalue weighted by molar-refractivity contribution is -0.129. The number of carbonyl (C=O) groups is 3. The van der Waals surface area contributed by atoms with E-state index < -0.39 is 28.6 Å². The minimum Gasteiger partial charge on any atom is -0.444 e. The van der Waals surface area contributed by atoms with Crippen LogP contribution in [0.15, 0.2) is 0 Å². The molecule has 0 N–H and O–H groups in total. The number of hydrogen-bond donors (Lipinski definition) is 0. The van der Waals surface area contributed by atoms with Crippen molar-refractivity contribution in [1.29, 1.82) is 0 Å². The van der Waals surface area contributed by atoms with Crippen LogP contribution in [0.2, 0.25) is 0 Å². The fraction of sp³-hybridized carbons (Fsp3) is 0.875. The van der Waals surface area contributed by atoms with E-state index in [4.69, 9.17) is 9.47 Å². The van der Waals surface area contributed by atoms with E-state index in [-0.39, 0.29) is 37.8 Å². The second-order valence-corrected chi connectivity index (χ2v) is 11.4. The summed E-state index contributed by atoms with van der Waals surface area (Å²) in [5, 5.41) is 0. The molecule has 2 aliphatic heterocycles. The predicted molar refractivity (Wildman–Crippen MR) is 122 cm³/mol. The van der Waals surface area contributed by atoms with Crippen LogP contribution in [0.3, 0.4) is 0 Å². The molecule has 0 aromatic rings. The van der Waals surface area contributed by atoms with Crippen LogP contribution >= 0.6 is 0 Å². The average Bonchev–Trinajstić information content (AvgIpc) is 2.86. The molecule has 0 radical (unpaired) electrons. The first-order valence-electron chi connectivity index (χ1n) is 11.7. The minimum absolute atomic E-state index is 0.0479. The van der Waals surface area contributed by atoms with Crippen LogP contribution in [0, 0.1) is 0 Å². The van der Waals surface area contributed by atoms with Gasteiger partial charge < -0.3 is 14.4 Å². The first-order chi connectivity index (χ1) is 14.8. The molecule has 33 heavy (non-hydrogen) atoms. The van der Waals surface area contributed by atoms with Gasteiger partial charge in [0.15, 0.2) is 0 Å². The molecule has 2 saturated heterocycles. The highest BCUT2D eigenvalue weighted by molar-refractivity contribution is 5.92. The normalized spacial score (nSPS) is 27.0. The monoisotopic (exact) mass is 476 g/mol. The summed E-state index contributed by atoms with van der Waals surface area (Å²) in [6.07, 6.45) is 0.977. The predicted octanol–water partition coefficient (Wildman–Crippen LogP) is 5.80. The zero-order valence-corrected chi connectivity index (χ0v) is 21.6. The Morgan fingerprint density at radius 2 is 1.27 bits per heavy atom. The molecule has 0 aliphatic carbocycles. The highest BCUT2D eigenvalue weighted by Gasteiger charge is 2.35. The molecule has 2 rings (SSSR count). The van der Waals surface area contributed by atoms with Crippen LogP contribution < -0.4 is 0 Å². The van der Waals surface area contributed by atoms with Crippen LogP contribution in [0.5, 0.6) is 0 Å². The molecule has 3 amide bonds. The lowest BCUT2D eigenvalue weighted by Crippen LogP contribution is -2.40. The van der Waals surface area contributed by atoms with Crippen molar-refractivity contribution < 1.29 is 32.6 Å². The molecule has 0 aromatic carbocycles. The van der Waals surface area contributed by atoms with Crippen LogP contribution in [0.25, 0.3) is 0 Å². The van der Waals surface area contributed by atoms with Crippen LogP contribution in [0.1, 0.15) is 93.9 Å². The van der Waals surface area contributed by atoms with E-state index in [1.807, 2.05) is 20.8 Å². The van der Waals surface area contributed by atoms with Crippen molar-refractivity contribution in [2.45, 2.75) is 116 Å². The maximum atomic E-state index is 13.7. The van der Waals surface area contributed by atoms with Gasteiger partial charge in [-0.05, 0) is 87.5 Å². The Morgan fingerprint density at radius 3 is 1.82 bits per heavy atom.